The number of aryl methyl sites for hydroxylation is 1. The first-order chi connectivity index (χ1) is 16.8. The van der Waals surface area contributed by atoms with E-state index in [0.717, 1.165) is 6.16 Å². The van der Waals surface area contributed by atoms with Gasteiger partial charge in [0.25, 0.3) is 0 Å². The fourth-order valence-corrected chi connectivity index (χ4v) is 9.96. The van der Waals surface area contributed by atoms with E-state index in [1.165, 1.54) is 72.0 Å². The van der Waals surface area contributed by atoms with Crippen LogP contribution in [0.15, 0.2) is 115 Å². The first kappa shape index (κ1) is 27.4. The molecule has 0 radical (unpaired) electrons. The van der Waals surface area contributed by atoms with Crippen LogP contribution in [-0.2, 0) is 12.6 Å². The number of benzene rings is 4. The van der Waals surface area contributed by atoms with Crippen LogP contribution in [0.1, 0.15) is 56.6 Å². The van der Waals surface area contributed by atoms with Gasteiger partial charge in [0.05, 0.1) is 0 Å². The van der Waals surface area contributed by atoms with Crippen molar-refractivity contribution in [2.24, 2.45) is 0 Å². The zero-order valence-corrected chi connectivity index (χ0v) is 23.7. The van der Waals surface area contributed by atoms with Crippen molar-refractivity contribution < 1.29 is 0 Å². The van der Waals surface area contributed by atoms with Gasteiger partial charge in [0.2, 0.25) is 0 Å². The van der Waals surface area contributed by atoms with E-state index >= 15 is 0 Å². The van der Waals surface area contributed by atoms with Crippen LogP contribution in [0.3, 0.4) is 0 Å². The Kier molecular flexibility index (Phi) is 11.2. The van der Waals surface area contributed by atoms with E-state index in [9.17, 15) is 0 Å². The molecular weight excluding hydrogens is 507 g/mol. The van der Waals surface area contributed by atoms with Gasteiger partial charge >= 0.3 is 201 Å². The summed E-state index contributed by atoms with van der Waals surface area (Å²) >= 11 is 0. The molecule has 0 fully saturated rings. The molecule has 0 aliphatic heterocycles. The van der Waals surface area contributed by atoms with Gasteiger partial charge in [0.1, 0.15) is 0 Å². The van der Waals surface area contributed by atoms with Crippen molar-refractivity contribution in [1.29, 1.82) is 0 Å². The van der Waals surface area contributed by atoms with Gasteiger partial charge < -0.3 is 0 Å². The molecule has 184 valence electrons. The van der Waals surface area contributed by atoms with E-state index in [0.29, 0.717) is 0 Å². The molecule has 0 saturated heterocycles. The third-order valence-corrected chi connectivity index (χ3v) is 12.0. The Labute approximate surface area is 223 Å². The maximum absolute atomic E-state index is 2.39. The fraction of sp³-hybridized carbons (Fsp3) is 0.273. The first-order valence-corrected chi connectivity index (χ1v) is 15.3. The molecule has 35 heavy (non-hydrogen) atoms. The summed E-state index contributed by atoms with van der Waals surface area (Å²) in [6.07, 6.45) is 10.4. The monoisotopic (exact) mass is 546 g/mol. The molecule has 0 nitrogen and oxygen atoms in total. The molecule has 0 heterocycles. The predicted octanol–water partition coefficient (Wildman–Crippen LogP) is 8.39. The summed E-state index contributed by atoms with van der Waals surface area (Å²) in [5, 5.41) is 4.43. The van der Waals surface area contributed by atoms with Gasteiger partial charge in [-0.1, -0.05) is 6.92 Å². The molecule has 0 aromatic heterocycles. The zero-order valence-electron chi connectivity index (χ0n) is 21.0. The molecule has 4 aromatic carbocycles. The average molecular weight is 548 g/mol. The predicted molar refractivity (Wildman–Crippen MR) is 164 cm³/mol. The second-order valence-electron chi connectivity index (χ2n) is 9.51. The van der Waals surface area contributed by atoms with Gasteiger partial charge in [-0.3, -0.25) is 0 Å². The number of hydrogen-bond acceptors (Lipinski definition) is 0. The third-order valence-electron chi connectivity index (χ3n) is 7.11. The van der Waals surface area contributed by atoms with Crippen molar-refractivity contribution in [1.82, 2.24) is 0 Å². The Morgan fingerprint density at radius 2 is 0.857 bits per heavy atom. The molecule has 4 aromatic rings. The summed E-state index contributed by atoms with van der Waals surface area (Å²) < 4.78 is 0. The molecule has 0 unspecified atom stereocenters. The third kappa shape index (κ3) is 7.16. The molecule has 0 spiro atoms. The Hall–Kier alpha value is -2.21. The van der Waals surface area contributed by atoms with Crippen molar-refractivity contribution in [3.63, 3.8) is 0 Å². The maximum atomic E-state index is 2.39. The topological polar surface area (TPSA) is 0 Å². The van der Waals surface area contributed by atoms with E-state index in [4.69, 9.17) is 0 Å². The molecule has 2 heteroatoms. The van der Waals surface area contributed by atoms with Crippen molar-refractivity contribution in [2.75, 3.05) is 0 Å². The van der Waals surface area contributed by atoms with Gasteiger partial charge in [0.15, 0.2) is 0 Å². The van der Waals surface area contributed by atoms with Crippen LogP contribution in [0, 0.1) is 0 Å². The summed E-state index contributed by atoms with van der Waals surface area (Å²) in [7, 11) is -2.23. The standard InChI is InChI=1S/C33H39P.BrH/c1-2-3-4-5-6-10-17-29-24-26-30(27-25-29)28-34(31-18-11-7-12-19-31,32-20-13-8-14-21-32)33-22-15-9-16-23-33;/h7-9,11-16,18-27,34H,2-6,10,17,28H2,1H3;1H. The molecule has 0 aliphatic carbocycles. The Bertz CT molecular complexity index is 996. The van der Waals surface area contributed by atoms with Gasteiger partial charge in [-0.15, -0.1) is 17.0 Å². The molecule has 4 rings (SSSR count). The van der Waals surface area contributed by atoms with E-state index in [1.807, 2.05) is 0 Å². The minimum absolute atomic E-state index is 0. The first-order valence-electron chi connectivity index (χ1n) is 13.1. The van der Waals surface area contributed by atoms with Crippen LogP contribution >= 0.6 is 24.2 Å². The second kappa shape index (κ2) is 14.4. The second-order valence-corrected chi connectivity index (χ2v) is 13.4. The number of hydrogen-bond donors (Lipinski definition) is 0. The van der Waals surface area contributed by atoms with Crippen LogP contribution in [0.2, 0.25) is 0 Å². The van der Waals surface area contributed by atoms with Gasteiger partial charge in [-0.25, -0.2) is 0 Å². The van der Waals surface area contributed by atoms with Crippen LogP contribution in [0.5, 0.6) is 0 Å². The summed E-state index contributed by atoms with van der Waals surface area (Å²) in [6, 6.07) is 43.2. The van der Waals surface area contributed by atoms with E-state index in [1.54, 1.807) is 0 Å². The quantitative estimate of drug-likeness (QED) is 0.123. The SMILES string of the molecule is Br.CCCCCCCCc1ccc(C[PH](c2ccccc2)(c2ccccc2)c2ccccc2)cc1. The number of halogens is 1. The van der Waals surface area contributed by atoms with E-state index < -0.39 is 7.26 Å². The van der Waals surface area contributed by atoms with Crippen LogP contribution in [-0.4, -0.2) is 0 Å². The number of unbranched alkanes of at least 4 members (excludes halogenated alkanes) is 5. The minimum atomic E-state index is -2.23. The number of rotatable bonds is 12. The van der Waals surface area contributed by atoms with E-state index in [2.05, 4.69) is 122 Å². The van der Waals surface area contributed by atoms with Gasteiger partial charge in [-0.05, 0) is 0 Å². The summed E-state index contributed by atoms with van der Waals surface area (Å²) in [5.74, 6) is 0. The molecule has 0 aliphatic rings. The average Bonchev–Trinajstić information content (AvgIpc) is 2.91. The molecule has 0 N–H and O–H groups in total. The van der Waals surface area contributed by atoms with Crippen LogP contribution in [0.25, 0.3) is 0 Å². The zero-order chi connectivity index (χ0) is 23.5. The molecule has 0 bridgehead atoms. The van der Waals surface area contributed by atoms with Gasteiger partial charge in [-0.2, -0.15) is 0 Å². The summed E-state index contributed by atoms with van der Waals surface area (Å²) in [5.41, 5.74) is 2.92. The summed E-state index contributed by atoms with van der Waals surface area (Å²) in [6.45, 7) is 2.28. The Morgan fingerprint density at radius 1 is 0.457 bits per heavy atom. The van der Waals surface area contributed by atoms with E-state index in [-0.39, 0.29) is 17.0 Å². The van der Waals surface area contributed by atoms with Crippen molar-refractivity contribution >= 4 is 40.2 Å². The normalized spacial score (nSPS) is 11.6. The molecule has 0 saturated carbocycles. The molecule has 0 amide bonds. The van der Waals surface area contributed by atoms with Crippen molar-refractivity contribution in [2.45, 2.75) is 58.0 Å². The van der Waals surface area contributed by atoms with Crippen LogP contribution < -0.4 is 15.9 Å². The summed E-state index contributed by atoms with van der Waals surface area (Å²) in [4.78, 5) is 0. The molecular formula is C33H40BrP. The Balaban J connectivity index is 0.00000342. The van der Waals surface area contributed by atoms with Gasteiger partial charge in [0, 0.05) is 0 Å². The van der Waals surface area contributed by atoms with Crippen LogP contribution in [0.4, 0.5) is 0 Å². The fourth-order valence-electron chi connectivity index (χ4n) is 5.21. The van der Waals surface area contributed by atoms with Crippen molar-refractivity contribution in [3.05, 3.63) is 126 Å². The van der Waals surface area contributed by atoms with Crippen molar-refractivity contribution in [3.8, 4) is 0 Å². The Morgan fingerprint density at radius 3 is 1.31 bits per heavy atom. The molecule has 0 atom stereocenters.